The minimum absolute atomic E-state index is 0.0743. The second kappa shape index (κ2) is 11.1. The van der Waals surface area contributed by atoms with Crippen molar-refractivity contribution in [2.75, 3.05) is 37.7 Å². The van der Waals surface area contributed by atoms with Crippen molar-refractivity contribution in [1.82, 2.24) is 14.7 Å². The third-order valence-electron chi connectivity index (χ3n) is 6.67. The average Bonchev–Trinajstić information content (AvgIpc) is 3.39. The Balaban J connectivity index is 1.34. The summed E-state index contributed by atoms with van der Waals surface area (Å²) in [5.74, 6) is -0.403. The zero-order valence-electron chi connectivity index (χ0n) is 21.4. The summed E-state index contributed by atoms with van der Waals surface area (Å²) in [6, 6.07) is 25.0. The van der Waals surface area contributed by atoms with Gasteiger partial charge in [-0.3, -0.25) is 4.79 Å². The molecule has 194 valence electrons. The van der Waals surface area contributed by atoms with Gasteiger partial charge in [0.15, 0.2) is 5.69 Å². The first kappa shape index (κ1) is 25.5. The van der Waals surface area contributed by atoms with E-state index in [4.69, 9.17) is 16.3 Å². The van der Waals surface area contributed by atoms with Gasteiger partial charge < -0.3 is 14.5 Å². The molecule has 1 aliphatic rings. The Morgan fingerprint density at radius 1 is 0.921 bits per heavy atom. The van der Waals surface area contributed by atoms with E-state index in [9.17, 15) is 9.59 Å². The molecule has 0 radical (unpaired) electrons. The van der Waals surface area contributed by atoms with Crippen molar-refractivity contribution in [3.63, 3.8) is 0 Å². The van der Waals surface area contributed by atoms with Crippen LogP contribution in [0.5, 0.6) is 0 Å². The number of ether oxygens (including phenoxy) is 1. The Bertz CT molecular complexity index is 1440. The summed E-state index contributed by atoms with van der Waals surface area (Å²) in [6.45, 7) is 6.88. The fourth-order valence-electron chi connectivity index (χ4n) is 4.59. The van der Waals surface area contributed by atoms with Crippen LogP contribution in [-0.2, 0) is 4.74 Å². The molecule has 38 heavy (non-hydrogen) atoms. The van der Waals surface area contributed by atoms with Crippen LogP contribution in [-0.4, -0.2) is 59.3 Å². The number of benzene rings is 3. The predicted octanol–water partition coefficient (Wildman–Crippen LogP) is 5.64. The molecule has 0 unspecified atom stereocenters. The quantitative estimate of drug-likeness (QED) is 0.303. The monoisotopic (exact) mass is 528 g/mol. The van der Waals surface area contributed by atoms with Crippen molar-refractivity contribution in [3.05, 3.63) is 101 Å². The Hall–Kier alpha value is -4.10. The standard InChI is InChI=1S/C30H29ClN4O3/c1-3-38-30(37)26-20-28(35(32-26)27-7-5-4-6-25(27)31)22-12-14-24(15-13-22)33-16-18-34(19-17-33)29(36)23-10-8-21(2)9-11-23/h4-15,20H,3,16-19H2,1-2H3. The molecule has 1 amide bonds. The highest BCUT2D eigenvalue weighted by atomic mass is 35.5. The van der Waals surface area contributed by atoms with E-state index in [0.717, 1.165) is 41.2 Å². The van der Waals surface area contributed by atoms with E-state index in [1.807, 2.05) is 66.4 Å². The topological polar surface area (TPSA) is 67.7 Å². The number of anilines is 1. The van der Waals surface area contributed by atoms with Crippen molar-refractivity contribution < 1.29 is 14.3 Å². The number of esters is 1. The number of rotatable bonds is 6. The van der Waals surface area contributed by atoms with Crippen LogP contribution >= 0.6 is 11.6 Å². The summed E-state index contributed by atoms with van der Waals surface area (Å²) in [5.41, 5.74) is 5.47. The van der Waals surface area contributed by atoms with E-state index >= 15 is 0 Å². The lowest BCUT2D eigenvalue weighted by Gasteiger charge is -2.36. The fourth-order valence-corrected chi connectivity index (χ4v) is 4.80. The van der Waals surface area contributed by atoms with Crippen molar-refractivity contribution in [2.45, 2.75) is 13.8 Å². The van der Waals surface area contributed by atoms with Gasteiger partial charge in [-0.2, -0.15) is 5.10 Å². The van der Waals surface area contributed by atoms with E-state index in [0.29, 0.717) is 23.8 Å². The molecular weight excluding hydrogens is 500 g/mol. The predicted molar refractivity (Wildman–Crippen MR) is 149 cm³/mol. The lowest BCUT2D eigenvalue weighted by Crippen LogP contribution is -2.48. The maximum Gasteiger partial charge on any atom is 0.358 e. The van der Waals surface area contributed by atoms with E-state index < -0.39 is 5.97 Å². The highest BCUT2D eigenvalue weighted by molar-refractivity contribution is 6.32. The number of carbonyl (C=O) groups excluding carboxylic acids is 2. The summed E-state index contributed by atoms with van der Waals surface area (Å²) >= 11 is 6.46. The van der Waals surface area contributed by atoms with Crippen molar-refractivity contribution in [1.29, 1.82) is 0 Å². The number of hydrogen-bond acceptors (Lipinski definition) is 5. The third-order valence-corrected chi connectivity index (χ3v) is 6.99. The molecule has 2 heterocycles. The molecule has 0 atom stereocenters. The minimum atomic E-state index is -0.478. The van der Waals surface area contributed by atoms with Gasteiger partial charge in [0.2, 0.25) is 0 Å². The van der Waals surface area contributed by atoms with Gasteiger partial charge in [-0.15, -0.1) is 0 Å². The number of nitrogens with zero attached hydrogens (tertiary/aromatic N) is 4. The number of aryl methyl sites for hydroxylation is 1. The van der Waals surface area contributed by atoms with Gasteiger partial charge in [-0.25, -0.2) is 9.48 Å². The molecule has 5 rings (SSSR count). The second-order valence-electron chi connectivity index (χ2n) is 9.19. The summed E-state index contributed by atoms with van der Waals surface area (Å²) in [6.07, 6.45) is 0. The number of aromatic nitrogens is 2. The van der Waals surface area contributed by atoms with Gasteiger partial charge >= 0.3 is 5.97 Å². The van der Waals surface area contributed by atoms with Gasteiger partial charge in [-0.1, -0.05) is 53.6 Å². The lowest BCUT2D eigenvalue weighted by atomic mass is 10.1. The van der Waals surface area contributed by atoms with Crippen LogP contribution in [0.15, 0.2) is 78.9 Å². The molecule has 7 nitrogen and oxygen atoms in total. The van der Waals surface area contributed by atoms with Crippen molar-refractivity contribution >= 4 is 29.2 Å². The Kier molecular flexibility index (Phi) is 7.47. The molecule has 0 spiro atoms. The molecule has 1 fully saturated rings. The molecule has 0 aliphatic carbocycles. The van der Waals surface area contributed by atoms with E-state index in [2.05, 4.69) is 22.1 Å². The summed E-state index contributed by atoms with van der Waals surface area (Å²) in [7, 11) is 0. The first-order chi connectivity index (χ1) is 18.4. The molecule has 1 aromatic heterocycles. The molecule has 0 saturated carbocycles. The largest absolute Gasteiger partial charge is 0.461 e. The van der Waals surface area contributed by atoms with E-state index in [1.165, 1.54) is 0 Å². The fraction of sp³-hybridized carbons (Fsp3) is 0.233. The first-order valence-electron chi connectivity index (χ1n) is 12.7. The maximum atomic E-state index is 12.9. The van der Waals surface area contributed by atoms with E-state index in [1.54, 1.807) is 23.7 Å². The number of carbonyl (C=O) groups is 2. The number of para-hydroxylation sites is 1. The lowest BCUT2D eigenvalue weighted by molar-refractivity contribution is 0.0518. The zero-order chi connectivity index (χ0) is 26.6. The normalized spacial score (nSPS) is 13.4. The SMILES string of the molecule is CCOC(=O)c1cc(-c2ccc(N3CCN(C(=O)c4ccc(C)cc4)CC3)cc2)n(-c2ccccc2Cl)n1. The van der Waals surface area contributed by atoms with Gasteiger partial charge in [-0.05, 0) is 56.3 Å². The molecule has 3 aromatic carbocycles. The number of halogens is 1. The van der Waals surface area contributed by atoms with Crippen LogP contribution in [0, 0.1) is 6.92 Å². The van der Waals surface area contributed by atoms with Gasteiger partial charge in [0.25, 0.3) is 5.91 Å². The number of hydrogen-bond donors (Lipinski definition) is 0. The smallest absolute Gasteiger partial charge is 0.358 e. The minimum Gasteiger partial charge on any atom is -0.461 e. The number of amides is 1. The van der Waals surface area contributed by atoms with Crippen LogP contribution in [0.1, 0.15) is 33.3 Å². The Morgan fingerprint density at radius 2 is 1.61 bits per heavy atom. The molecule has 1 saturated heterocycles. The Morgan fingerprint density at radius 3 is 2.26 bits per heavy atom. The van der Waals surface area contributed by atoms with E-state index in [-0.39, 0.29) is 18.2 Å². The summed E-state index contributed by atoms with van der Waals surface area (Å²) in [4.78, 5) is 29.5. The first-order valence-corrected chi connectivity index (χ1v) is 13.1. The molecule has 4 aromatic rings. The Labute approximate surface area is 227 Å². The highest BCUT2D eigenvalue weighted by Gasteiger charge is 2.23. The van der Waals surface area contributed by atoms with Crippen LogP contribution in [0.4, 0.5) is 5.69 Å². The van der Waals surface area contributed by atoms with Gasteiger partial charge in [0.1, 0.15) is 0 Å². The molecular formula is C30H29ClN4O3. The van der Waals surface area contributed by atoms with Crippen LogP contribution in [0.3, 0.4) is 0 Å². The zero-order valence-corrected chi connectivity index (χ0v) is 22.2. The van der Waals surface area contributed by atoms with Crippen LogP contribution < -0.4 is 4.90 Å². The summed E-state index contributed by atoms with van der Waals surface area (Å²) < 4.78 is 6.85. The van der Waals surface area contributed by atoms with Gasteiger partial charge in [0, 0.05) is 43.0 Å². The highest BCUT2D eigenvalue weighted by Crippen LogP contribution is 2.30. The molecule has 0 N–H and O–H groups in total. The third kappa shape index (κ3) is 5.29. The second-order valence-corrected chi connectivity index (χ2v) is 9.60. The average molecular weight is 529 g/mol. The van der Waals surface area contributed by atoms with Crippen LogP contribution in [0.2, 0.25) is 5.02 Å². The maximum absolute atomic E-state index is 12.9. The molecule has 1 aliphatic heterocycles. The van der Waals surface area contributed by atoms with Crippen molar-refractivity contribution in [2.24, 2.45) is 0 Å². The number of piperazine rings is 1. The van der Waals surface area contributed by atoms with Crippen LogP contribution in [0.25, 0.3) is 16.9 Å². The molecule has 8 heteroatoms. The van der Waals surface area contributed by atoms with Crippen molar-refractivity contribution in [3.8, 4) is 16.9 Å². The summed E-state index contributed by atoms with van der Waals surface area (Å²) in [5, 5.41) is 5.04. The van der Waals surface area contributed by atoms with Gasteiger partial charge in [0.05, 0.1) is 23.0 Å². The molecule has 0 bridgehead atoms.